The number of rotatable bonds is 3. The minimum Gasteiger partial charge on any atom is -0.455 e. The second-order valence-electron chi connectivity index (χ2n) is 22.4. The average Bonchev–Trinajstić information content (AvgIpc) is 4.22. The third-order valence-electron chi connectivity index (χ3n) is 16.0. The second kappa shape index (κ2) is 14.0. The van der Waals surface area contributed by atoms with E-state index in [1.165, 1.54) is 49.3 Å². The van der Waals surface area contributed by atoms with Crippen molar-refractivity contribution in [3.05, 3.63) is 181 Å². The monoisotopic (exact) mass is 939 g/mol. The van der Waals surface area contributed by atoms with E-state index in [0.717, 1.165) is 93.7 Å². The summed E-state index contributed by atoms with van der Waals surface area (Å²) in [6.07, 6.45) is 0. The molecular formula is C65H46BN5O2. The van der Waals surface area contributed by atoms with Crippen LogP contribution in [0.2, 0.25) is 0 Å². The fourth-order valence-electron chi connectivity index (χ4n) is 12.5. The predicted octanol–water partition coefficient (Wildman–Crippen LogP) is 14.6. The Kier molecular flexibility index (Phi) is 7.86. The number of hydrogen-bond acceptors (Lipinski definition) is 5. The van der Waals surface area contributed by atoms with Crippen LogP contribution in [0.3, 0.4) is 0 Å². The third-order valence-corrected chi connectivity index (χ3v) is 16.0. The van der Waals surface area contributed by atoms with Crippen LogP contribution in [-0.4, -0.2) is 30.8 Å². The van der Waals surface area contributed by atoms with Crippen LogP contribution < -0.4 is 16.4 Å². The van der Waals surface area contributed by atoms with E-state index in [0.29, 0.717) is 17.5 Å². The van der Waals surface area contributed by atoms with Crippen molar-refractivity contribution in [1.29, 1.82) is 0 Å². The van der Waals surface area contributed by atoms with E-state index in [-0.39, 0.29) is 17.5 Å². The van der Waals surface area contributed by atoms with E-state index in [1.807, 2.05) is 36.4 Å². The highest BCUT2D eigenvalue weighted by molar-refractivity contribution is 7.00. The first kappa shape index (κ1) is 40.9. The number of para-hydroxylation sites is 2. The smallest absolute Gasteiger partial charge is 0.252 e. The lowest BCUT2D eigenvalue weighted by Gasteiger charge is -2.35. The minimum absolute atomic E-state index is 0.127. The Morgan fingerprint density at radius 1 is 0.397 bits per heavy atom. The molecule has 0 aliphatic carbocycles. The molecule has 346 valence electrons. The van der Waals surface area contributed by atoms with Crippen LogP contribution in [0.5, 0.6) is 0 Å². The first-order valence-electron chi connectivity index (χ1n) is 25.4. The Hall–Kier alpha value is -8.75. The van der Waals surface area contributed by atoms with Gasteiger partial charge in [0.25, 0.3) is 6.71 Å². The third kappa shape index (κ3) is 5.53. The maximum atomic E-state index is 6.99. The highest BCUT2D eigenvalue weighted by Gasteiger charge is 2.43. The summed E-state index contributed by atoms with van der Waals surface area (Å²) >= 11 is 0. The molecule has 7 heterocycles. The standard InChI is InChI=1S/C65H46BN5O2/c1-64(2,3)38-31-44-54-48(27-25-42-40-21-13-15-23-52(40)72-59(42)54)70-50-29-37(63-68-61(35-17-9-7-10-18-35)67-62(69-63)36-19-11-8-12-20-36)30-51-56(50)66(46(33-38)57(44)70)47-34-39(65(4,5)6)32-45-55-49(71(51)58(45)47)28-26-43-41-22-14-16-24-53(41)73-60(43)55/h7-34H,1-6H3. The topological polar surface area (TPSA) is 74.8 Å². The first-order valence-corrected chi connectivity index (χ1v) is 25.4. The van der Waals surface area contributed by atoms with Crippen LogP contribution in [0.25, 0.3) is 133 Å². The number of benzene rings is 9. The van der Waals surface area contributed by atoms with E-state index >= 15 is 0 Å². The van der Waals surface area contributed by atoms with Gasteiger partial charge in [-0.3, -0.25) is 0 Å². The number of fused-ring (bicyclic) bond motifs is 18. The molecule has 16 rings (SSSR count). The predicted molar refractivity (Wildman–Crippen MR) is 301 cm³/mol. The average molecular weight is 940 g/mol. The van der Waals surface area contributed by atoms with E-state index in [1.54, 1.807) is 0 Å². The Balaban J connectivity index is 1.12. The molecule has 73 heavy (non-hydrogen) atoms. The van der Waals surface area contributed by atoms with Crippen LogP contribution in [0.15, 0.2) is 179 Å². The molecule has 9 aromatic carbocycles. The largest absolute Gasteiger partial charge is 0.455 e. The van der Waals surface area contributed by atoms with Gasteiger partial charge in [-0.1, -0.05) is 151 Å². The number of furan rings is 2. The normalized spacial score (nSPS) is 13.3. The number of aromatic nitrogens is 5. The summed E-state index contributed by atoms with van der Waals surface area (Å²) in [6, 6.07) is 61.2. The molecule has 2 aliphatic heterocycles. The van der Waals surface area contributed by atoms with E-state index in [4.69, 9.17) is 23.8 Å². The van der Waals surface area contributed by atoms with Gasteiger partial charge in [-0.05, 0) is 99.0 Å². The van der Waals surface area contributed by atoms with Gasteiger partial charge >= 0.3 is 0 Å². The Bertz CT molecular complexity index is 4460. The van der Waals surface area contributed by atoms with Crippen molar-refractivity contribution in [3.63, 3.8) is 0 Å². The maximum absolute atomic E-state index is 6.99. The van der Waals surface area contributed by atoms with Gasteiger partial charge in [0.2, 0.25) is 0 Å². The highest BCUT2D eigenvalue weighted by Crippen LogP contribution is 2.47. The molecule has 2 aliphatic rings. The zero-order valence-corrected chi connectivity index (χ0v) is 41.3. The van der Waals surface area contributed by atoms with Gasteiger partial charge in [0.05, 0.1) is 21.8 Å². The van der Waals surface area contributed by atoms with Gasteiger partial charge in [-0.25, -0.2) is 15.0 Å². The Morgan fingerprint density at radius 3 is 1.25 bits per heavy atom. The Labute approximate surface area is 420 Å². The Morgan fingerprint density at radius 2 is 0.808 bits per heavy atom. The molecule has 0 saturated heterocycles. The van der Waals surface area contributed by atoms with Crippen molar-refractivity contribution < 1.29 is 8.83 Å². The lowest BCUT2D eigenvalue weighted by molar-refractivity contribution is 0.591. The summed E-state index contributed by atoms with van der Waals surface area (Å²) in [5.74, 6) is 1.85. The SMILES string of the molecule is CC(C)(C)c1cc2c3c(c1)c1c4oc5ccccc5c4ccc1n3-c1cc(-c3nc(-c4ccccc4)nc(-c4ccccc4)n3)cc3c1B2c1cc(C(C)(C)C)cc2c4c5oc6ccccc6c5ccc4n-3c12. The fourth-order valence-corrected chi connectivity index (χ4v) is 12.5. The lowest BCUT2D eigenvalue weighted by Crippen LogP contribution is -2.59. The van der Waals surface area contributed by atoms with Crippen molar-refractivity contribution in [3.8, 4) is 45.5 Å². The van der Waals surface area contributed by atoms with Gasteiger partial charge in [0.15, 0.2) is 17.5 Å². The van der Waals surface area contributed by atoms with Crippen molar-refractivity contribution in [2.24, 2.45) is 0 Å². The van der Waals surface area contributed by atoms with Crippen molar-refractivity contribution >= 4 is 111 Å². The minimum atomic E-state index is -0.154. The van der Waals surface area contributed by atoms with Crippen molar-refractivity contribution in [1.82, 2.24) is 24.1 Å². The molecule has 0 bridgehead atoms. The van der Waals surface area contributed by atoms with Crippen LogP contribution in [-0.2, 0) is 10.8 Å². The molecule has 0 radical (unpaired) electrons. The van der Waals surface area contributed by atoms with E-state index in [2.05, 4.69) is 184 Å². The van der Waals surface area contributed by atoms with Crippen molar-refractivity contribution in [2.45, 2.75) is 52.4 Å². The fraction of sp³-hybridized carbons (Fsp3) is 0.123. The summed E-state index contributed by atoms with van der Waals surface area (Å²) in [4.78, 5) is 15.9. The molecule has 0 spiro atoms. The van der Waals surface area contributed by atoms with Gasteiger partial charge in [-0.2, -0.15) is 0 Å². The molecule has 8 heteroatoms. The van der Waals surface area contributed by atoms with Crippen LogP contribution in [0.4, 0.5) is 0 Å². The van der Waals surface area contributed by atoms with Crippen molar-refractivity contribution in [2.75, 3.05) is 0 Å². The van der Waals surface area contributed by atoms with Gasteiger partial charge in [0.1, 0.15) is 22.3 Å². The number of nitrogens with zero attached hydrogens (tertiary/aromatic N) is 5. The van der Waals surface area contributed by atoms with E-state index < -0.39 is 0 Å². The summed E-state index contributed by atoms with van der Waals surface area (Å²) in [5, 5.41) is 9.10. The van der Waals surface area contributed by atoms with Crippen LogP contribution in [0.1, 0.15) is 52.7 Å². The molecule has 5 aromatic heterocycles. The maximum Gasteiger partial charge on any atom is 0.252 e. The zero-order valence-electron chi connectivity index (χ0n) is 41.3. The summed E-state index contributed by atoms with van der Waals surface area (Å²) in [6.45, 7) is 13.9. The summed E-state index contributed by atoms with van der Waals surface area (Å²) < 4.78 is 19.0. The molecule has 14 aromatic rings. The molecule has 0 fully saturated rings. The highest BCUT2D eigenvalue weighted by atomic mass is 16.3. The number of hydrogen-bond donors (Lipinski definition) is 0. The lowest BCUT2D eigenvalue weighted by atomic mass is 9.34. The van der Waals surface area contributed by atoms with Gasteiger partial charge in [-0.15, -0.1) is 0 Å². The van der Waals surface area contributed by atoms with Crippen LogP contribution >= 0.6 is 0 Å². The molecular weight excluding hydrogens is 894 g/mol. The molecule has 7 nitrogen and oxygen atoms in total. The molecule has 0 atom stereocenters. The summed E-state index contributed by atoms with van der Waals surface area (Å²) in [5.41, 5.74) is 19.2. The molecule has 0 unspecified atom stereocenters. The second-order valence-corrected chi connectivity index (χ2v) is 22.4. The molecule has 0 amide bonds. The molecule has 0 saturated carbocycles. The molecule has 0 N–H and O–H groups in total. The van der Waals surface area contributed by atoms with Crippen LogP contribution in [0, 0.1) is 0 Å². The van der Waals surface area contributed by atoms with E-state index in [9.17, 15) is 0 Å². The first-order chi connectivity index (χ1) is 35.5. The summed E-state index contributed by atoms with van der Waals surface area (Å²) in [7, 11) is 0. The zero-order chi connectivity index (χ0) is 48.8. The van der Waals surface area contributed by atoms with Gasteiger partial charge < -0.3 is 18.0 Å². The quantitative estimate of drug-likeness (QED) is 0.165. The van der Waals surface area contributed by atoms with Gasteiger partial charge in [0, 0.05) is 71.4 Å².